The van der Waals surface area contributed by atoms with E-state index in [2.05, 4.69) is 30.5 Å². The van der Waals surface area contributed by atoms with Gasteiger partial charge in [0, 0.05) is 6.42 Å². The molecule has 2 aromatic rings. The molecule has 3 rings (SSSR count). The number of hydrogen-bond donors (Lipinski definition) is 3. The van der Waals surface area contributed by atoms with E-state index in [1.807, 2.05) is 0 Å². The first kappa shape index (κ1) is 13.5. The summed E-state index contributed by atoms with van der Waals surface area (Å²) in [6.07, 6.45) is 1.25. The van der Waals surface area contributed by atoms with E-state index in [9.17, 15) is 5.11 Å². The molecule has 0 aliphatic carbocycles. The molecule has 0 aromatic carbocycles. The lowest BCUT2D eigenvalue weighted by Crippen LogP contribution is -2.24. The van der Waals surface area contributed by atoms with E-state index < -0.39 is 18.4 Å². The van der Waals surface area contributed by atoms with E-state index in [0.29, 0.717) is 17.6 Å². The number of anilines is 1. The zero-order valence-corrected chi connectivity index (χ0v) is 10.7. The fraction of sp³-hybridized carbons (Fsp3) is 0.500. The Hall–Kier alpha value is -2.46. The van der Waals surface area contributed by atoms with E-state index in [1.54, 1.807) is 4.57 Å². The minimum Gasteiger partial charge on any atom is -0.394 e. The van der Waals surface area contributed by atoms with Crippen molar-refractivity contribution >= 4 is 17.0 Å². The number of rotatable bonds is 4. The number of nitrogens with one attached hydrogen (secondary N) is 1. The molecule has 110 valence electrons. The lowest BCUT2D eigenvalue weighted by atomic mass is 10.2. The lowest BCUT2D eigenvalue weighted by Gasteiger charge is -2.13. The first-order valence-corrected chi connectivity index (χ1v) is 6.16. The van der Waals surface area contributed by atoms with Gasteiger partial charge in [-0.2, -0.15) is 9.90 Å². The number of ether oxygens (including phenoxy) is 1. The van der Waals surface area contributed by atoms with Crippen molar-refractivity contribution in [3.63, 3.8) is 0 Å². The van der Waals surface area contributed by atoms with Gasteiger partial charge in [0.05, 0.1) is 19.0 Å². The fourth-order valence-electron chi connectivity index (χ4n) is 2.26. The zero-order valence-electron chi connectivity index (χ0n) is 10.7. The van der Waals surface area contributed by atoms with Crippen LogP contribution in [0.25, 0.3) is 21.6 Å². The van der Waals surface area contributed by atoms with Crippen LogP contribution in [0.5, 0.6) is 0 Å². The van der Waals surface area contributed by atoms with Crippen LogP contribution < -0.4 is 5.43 Å². The van der Waals surface area contributed by atoms with Gasteiger partial charge >= 0.3 is 0 Å². The summed E-state index contributed by atoms with van der Waals surface area (Å²) in [7, 11) is 0. The molecule has 0 saturated carbocycles. The van der Waals surface area contributed by atoms with Crippen LogP contribution in [0.2, 0.25) is 0 Å². The summed E-state index contributed by atoms with van der Waals surface area (Å²) >= 11 is 0. The molecule has 11 nitrogen and oxygen atoms in total. The maximum Gasteiger partial charge on any atom is 0.253 e. The normalized spacial score (nSPS) is 25.0. The Morgan fingerprint density at radius 3 is 3.10 bits per heavy atom. The molecule has 1 aliphatic heterocycles. The predicted molar refractivity (Wildman–Crippen MR) is 69.7 cm³/mol. The lowest BCUT2D eigenvalue weighted by molar-refractivity contribution is -0.0432. The van der Waals surface area contributed by atoms with Crippen LogP contribution in [0, 0.1) is 0 Å². The summed E-state index contributed by atoms with van der Waals surface area (Å²) < 4.78 is 7.19. The van der Waals surface area contributed by atoms with Crippen LogP contribution in [-0.4, -0.2) is 48.5 Å². The van der Waals surface area contributed by atoms with E-state index in [-0.39, 0.29) is 12.4 Å². The molecule has 1 aliphatic rings. The fourth-order valence-corrected chi connectivity index (χ4v) is 2.26. The Kier molecular flexibility index (Phi) is 3.54. The van der Waals surface area contributed by atoms with E-state index in [1.165, 1.54) is 12.7 Å². The number of aromatic nitrogens is 4. The highest BCUT2D eigenvalue weighted by molar-refractivity contribution is 5.82. The molecule has 0 bridgehead atoms. The van der Waals surface area contributed by atoms with Gasteiger partial charge in [-0.05, 0) is 5.22 Å². The number of azide groups is 1. The molecule has 0 unspecified atom stereocenters. The number of hydrogen-bond acceptors (Lipinski definition) is 7. The number of imidazole rings is 1. The number of fused-ring (bicyclic) bond motifs is 1. The van der Waals surface area contributed by atoms with Crippen molar-refractivity contribution in [3.05, 3.63) is 23.1 Å². The molecule has 11 heteroatoms. The molecule has 2 aromatic heterocycles. The molecule has 0 radical (unpaired) electrons. The quantitative estimate of drug-likeness (QED) is 0.312. The van der Waals surface area contributed by atoms with Gasteiger partial charge in [-0.25, -0.2) is 15.4 Å². The third-order valence-corrected chi connectivity index (χ3v) is 3.25. The number of aliphatic hydroxyl groups excluding tert-OH is 2. The minimum atomic E-state index is -0.750. The average molecular weight is 292 g/mol. The van der Waals surface area contributed by atoms with Crippen LogP contribution in [0.1, 0.15) is 12.6 Å². The van der Waals surface area contributed by atoms with E-state index in [4.69, 9.17) is 15.4 Å². The maximum absolute atomic E-state index is 9.78. The van der Waals surface area contributed by atoms with Crippen molar-refractivity contribution in [2.75, 3.05) is 12.0 Å². The summed E-state index contributed by atoms with van der Waals surface area (Å²) in [4.78, 5) is 14.8. The largest absolute Gasteiger partial charge is 0.394 e. The molecule has 3 heterocycles. The Balaban J connectivity index is 1.96. The maximum atomic E-state index is 9.78. The SMILES string of the molecule is [N-]=[N+]=NNc1ncnc2c1ncn2[C@H]1C[C@H](O)[C@@H](CO)O1. The molecule has 0 amide bonds. The summed E-state index contributed by atoms with van der Waals surface area (Å²) in [6.45, 7) is -0.261. The zero-order chi connectivity index (χ0) is 14.8. The summed E-state index contributed by atoms with van der Waals surface area (Å²) in [5.41, 5.74) is 11.6. The van der Waals surface area contributed by atoms with Crippen LogP contribution in [0.4, 0.5) is 5.82 Å². The Labute approximate surface area is 117 Å². The predicted octanol–water partition coefficient (Wildman–Crippen LogP) is 0.104. The molecular weight excluding hydrogens is 280 g/mol. The first-order chi connectivity index (χ1) is 10.2. The monoisotopic (exact) mass is 292 g/mol. The standard InChI is InChI=1S/C10H12N8O3/c11-16-17-15-9-8-10(13-3-12-9)18(4-14-8)7-1-5(20)6(2-19)21-7/h3-7,19-20H,1-2H2,(H,12,13,15)/t5-,6+,7+/m0/s1. The molecule has 21 heavy (non-hydrogen) atoms. The van der Waals surface area contributed by atoms with E-state index in [0.717, 1.165) is 0 Å². The van der Waals surface area contributed by atoms with Crippen molar-refractivity contribution in [1.29, 1.82) is 0 Å². The average Bonchev–Trinajstić information content (AvgIpc) is 3.08. The molecular formula is C10H12N8O3. The van der Waals surface area contributed by atoms with Crippen molar-refractivity contribution < 1.29 is 14.9 Å². The Bertz CT molecular complexity index is 697. The van der Waals surface area contributed by atoms with Crippen molar-refractivity contribution in [2.45, 2.75) is 24.9 Å². The van der Waals surface area contributed by atoms with Crippen molar-refractivity contribution in [1.82, 2.24) is 19.5 Å². The van der Waals surface area contributed by atoms with Crippen LogP contribution in [-0.2, 0) is 4.74 Å². The minimum absolute atomic E-state index is 0.261. The molecule has 0 spiro atoms. The highest BCUT2D eigenvalue weighted by Gasteiger charge is 2.35. The highest BCUT2D eigenvalue weighted by Crippen LogP contribution is 2.31. The van der Waals surface area contributed by atoms with Gasteiger partial charge in [0.1, 0.15) is 18.7 Å². The van der Waals surface area contributed by atoms with Crippen LogP contribution in [0.15, 0.2) is 17.9 Å². The second-order valence-electron chi connectivity index (χ2n) is 4.46. The van der Waals surface area contributed by atoms with Gasteiger partial charge in [0.15, 0.2) is 11.2 Å². The van der Waals surface area contributed by atoms with Crippen molar-refractivity contribution in [2.24, 2.45) is 5.22 Å². The van der Waals surface area contributed by atoms with Gasteiger partial charge in [-0.1, -0.05) is 0 Å². The molecule has 3 atom stereocenters. The molecule has 1 fully saturated rings. The topological polar surface area (TPSA) is 154 Å². The second kappa shape index (κ2) is 5.50. The summed E-state index contributed by atoms with van der Waals surface area (Å²) in [5, 5.41) is 22.1. The molecule has 3 N–H and O–H groups in total. The highest BCUT2D eigenvalue weighted by atomic mass is 16.5. The Morgan fingerprint density at radius 1 is 1.52 bits per heavy atom. The Morgan fingerprint density at radius 2 is 2.38 bits per heavy atom. The first-order valence-electron chi connectivity index (χ1n) is 6.16. The van der Waals surface area contributed by atoms with Crippen LogP contribution in [0.3, 0.4) is 0 Å². The smallest absolute Gasteiger partial charge is 0.253 e. The number of aliphatic hydroxyl groups is 2. The van der Waals surface area contributed by atoms with Crippen LogP contribution >= 0.6 is 0 Å². The van der Waals surface area contributed by atoms with E-state index >= 15 is 0 Å². The van der Waals surface area contributed by atoms with Gasteiger partial charge in [0.2, 0.25) is 0 Å². The van der Waals surface area contributed by atoms with Gasteiger partial charge in [-0.3, -0.25) is 4.57 Å². The third-order valence-electron chi connectivity index (χ3n) is 3.25. The van der Waals surface area contributed by atoms with Crippen molar-refractivity contribution in [3.8, 4) is 0 Å². The van der Waals surface area contributed by atoms with Gasteiger partial charge < -0.3 is 14.9 Å². The number of nitrogens with zero attached hydrogens (tertiary/aromatic N) is 7. The summed E-state index contributed by atoms with van der Waals surface area (Å²) in [6, 6.07) is 0. The summed E-state index contributed by atoms with van der Waals surface area (Å²) in [5.74, 6) is 0.272. The van der Waals surface area contributed by atoms with Gasteiger partial charge in [0.25, 0.3) is 5.82 Å². The molecule has 1 saturated heterocycles. The third kappa shape index (κ3) is 2.34. The second-order valence-corrected chi connectivity index (χ2v) is 4.46. The van der Waals surface area contributed by atoms with Gasteiger partial charge in [-0.15, -0.1) is 5.53 Å².